The van der Waals surface area contributed by atoms with Gasteiger partial charge in [0, 0.05) is 37.7 Å². The first kappa shape index (κ1) is 19.0. The van der Waals surface area contributed by atoms with E-state index in [-0.39, 0.29) is 5.91 Å². The zero-order valence-electron chi connectivity index (χ0n) is 15.8. The van der Waals surface area contributed by atoms with E-state index >= 15 is 0 Å². The molecule has 3 aromatic rings. The summed E-state index contributed by atoms with van der Waals surface area (Å²) in [4.78, 5) is 27.3. The Morgan fingerprint density at radius 3 is 2.54 bits per heavy atom. The summed E-state index contributed by atoms with van der Waals surface area (Å²) in [6.45, 7) is 2.51. The molecule has 7 heteroatoms. The van der Waals surface area contributed by atoms with E-state index < -0.39 is 0 Å². The van der Waals surface area contributed by atoms with Gasteiger partial charge >= 0.3 is 0 Å². The van der Waals surface area contributed by atoms with E-state index in [1.165, 1.54) is 5.56 Å². The Morgan fingerprint density at radius 1 is 1.14 bits per heavy atom. The molecule has 0 aliphatic rings. The number of likely N-dealkylation sites (N-methyl/N-ethyl adjacent to an activating group) is 1. The highest BCUT2D eigenvalue weighted by atomic mass is 16.1. The molecule has 0 saturated carbocycles. The van der Waals surface area contributed by atoms with Crippen LogP contribution in [0.3, 0.4) is 0 Å². The third kappa shape index (κ3) is 4.89. The average molecular weight is 372 g/mol. The van der Waals surface area contributed by atoms with Gasteiger partial charge in [-0.25, -0.2) is 9.97 Å². The van der Waals surface area contributed by atoms with Crippen molar-refractivity contribution in [2.24, 2.45) is 0 Å². The maximum absolute atomic E-state index is 12.6. The molecule has 0 spiro atoms. The summed E-state index contributed by atoms with van der Waals surface area (Å²) >= 11 is 0. The molecule has 1 N–H and O–H groups in total. The van der Waals surface area contributed by atoms with Crippen molar-refractivity contribution in [3.63, 3.8) is 0 Å². The molecule has 7 nitrogen and oxygen atoms in total. The van der Waals surface area contributed by atoms with Crippen molar-refractivity contribution >= 4 is 17.4 Å². The predicted molar refractivity (Wildman–Crippen MR) is 107 cm³/mol. The molecule has 0 aliphatic carbocycles. The monoisotopic (exact) mass is 372 g/mol. The molecular formula is C21H20N6O. The van der Waals surface area contributed by atoms with Gasteiger partial charge in [0.2, 0.25) is 0 Å². The average Bonchev–Trinajstić information content (AvgIpc) is 2.72. The van der Waals surface area contributed by atoms with Gasteiger partial charge in [0.1, 0.15) is 17.3 Å². The normalized spacial score (nSPS) is 10.2. The lowest BCUT2D eigenvalue weighted by Crippen LogP contribution is -2.23. The fraction of sp³-hybridized carbons (Fsp3) is 0.190. The Hall–Kier alpha value is -3.79. The van der Waals surface area contributed by atoms with Crippen molar-refractivity contribution in [2.75, 3.05) is 23.8 Å². The molecule has 3 rings (SSSR count). The van der Waals surface area contributed by atoms with Crippen molar-refractivity contribution in [3.05, 3.63) is 77.5 Å². The van der Waals surface area contributed by atoms with Gasteiger partial charge in [-0.3, -0.25) is 9.78 Å². The van der Waals surface area contributed by atoms with Crippen molar-refractivity contribution in [2.45, 2.75) is 13.3 Å². The van der Waals surface area contributed by atoms with Gasteiger partial charge < -0.3 is 10.2 Å². The fourth-order valence-corrected chi connectivity index (χ4v) is 2.65. The standard InChI is InChI=1S/C21H20N6O/c1-15-24-19(21(28)26-18-5-3-17(14-22)4-6-18)13-20(25-15)27(2)12-9-16-7-10-23-11-8-16/h3-8,10-11,13H,9,12H2,1-2H3,(H,26,28). The second-order valence-corrected chi connectivity index (χ2v) is 6.33. The first-order valence-corrected chi connectivity index (χ1v) is 8.82. The van der Waals surface area contributed by atoms with Crippen LogP contribution in [0, 0.1) is 18.3 Å². The summed E-state index contributed by atoms with van der Waals surface area (Å²) in [5.41, 5.74) is 2.62. The lowest BCUT2D eigenvalue weighted by atomic mass is 10.2. The van der Waals surface area contributed by atoms with Gasteiger partial charge in [-0.2, -0.15) is 5.26 Å². The smallest absolute Gasteiger partial charge is 0.274 e. The maximum atomic E-state index is 12.6. The summed E-state index contributed by atoms with van der Waals surface area (Å²) in [7, 11) is 1.94. The quantitative estimate of drug-likeness (QED) is 0.715. The van der Waals surface area contributed by atoms with Crippen LogP contribution in [0.15, 0.2) is 54.9 Å². The number of anilines is 2. The minimum Gasteiger partial charge on any atom is -0.359 e. The van der Waals surface area contributed by atoms with Crippen molar-refractivity contribution < 1.29 is 4.79 Å². The highest BCUT2D eigenvalue weighted by Gasteiger charge is 2.13. The van der Waals surface area contributed by atoms with E-state index in [9.17, 15) is 4.79 Å². The second kappa shape index (κ2) is 8.73. The molecule has 0 radical (unpaired) electrons. The molecule has 0 fully saturated rings. The number of hydrogen-bond acceptors (Lipinski definition) is 6. The van der Waals surface area contributed by atoms with Gasteiger partial charge in [-0.05, 0) is 55.3 Å². The molecule has 28 heavy (non-hydrogen) atoms. The Morgan fingerprint density at radius 2 is 1.86 bits per heavy atom. The van der Waals surface area contributed by atoms with Gasteiger partial charge in [0.25, 0.3) is 5.91 Å². The fourth-order valence-electron chi connectivity index (χ4n) is 2.65. The van der Waals surface area contributed by atoms with E-state index in [0.717, 1.165) is 13.0 Å². The van der Waals surface area contributed by atoms with E-state index in [0.29, 0.717) is 28.6 Å². The zero-order valence-corrected chi connectivity index (χ0v) is 15.8. The SMILES string of the molecule is Cc1nc(C(=O)Nc2ccc(C#N)cc2)cc(N(C)CCc2ccncc2)n1. The van der Waals surface area contributed by atoms with E-state index in [1.807, 2.05) is 30.1 Å². The molecule has 0 unspecified atom stereocenters. The molecule has 1 aromatic carbocycles. The van der Waals surface area contributed by atoms with E-state index in [4.69, 9.17) is 5.26 Å². The van der Waals surface area contributed by atoms with Gasteiger partial charge in [-0.15, -0.1) is 0 Å². The van der Waals surface area contributed by atoms with Crippen molar-refractivity contribution in [1.82, 2.24) is 15.0 Å². The van der Waals surface area contributed by atoms with Crippen molar-refractivity contribution in [1.29, 1.82) is 5.26 Å². The molecule has 140 valence electrons. The minimum atomic E-state index is -0.320. The first-order valence-electron chi connectivity index (χ1n) is 8.82. The number of aryl methyl sites for hydroxylation is 1. The Labute approximate surface area is 163 Å². The molecular weight excluding hydrogens is 352 g/mol. The van der Waals surface area contributed by atoms with Gasteiger partial charge in [0.15, 0.2) is 0 Å². The third-order valence-corrected chi connectivity index (χ3v) is 4.21. The van der Waals surface area contributed by atoms with Crippen LogP contribution in [0.25, 0.3) is 0 Å². The zero-order chi connectivity index (χ0) is 19.9. The predicted octanol–water partition coefficient (Wildman–Crippen LogP) is 2.98. The van der Waals surface area contributed by atoms with Crippen LogP contribution in [0.5, 0.6) is 0 Å². The summed E-state index contributed by atoms with van der Waals surface area (Å²) in [6, 6.07) is 14.4. The number of nitrogens with zero attached hydrogens (tertiary/aromatic N) is 5. The van der Waals surface area contributed by atoms with Crippen LogP contribution in [0.1, 0.15) is 27.4 Å². The van der Waals surface area contributed by atoms with Crippen LogP contribution in [0.4, 0.5) is 11.5 Å². The summed E-state index contributed by atoms with van der Waals surface area (Å²) in [5, 5.41) is 11.7. The number of nitrogens with one attached hydrogen (secondary N) is 1. The van der Waals surface area contributed by atoms with Crippen LogP contribution >= 0.6 is 0 Å². The molecule has 1 amide bonds. The largest absolute Gasteiger partial charge is 0.359 e. The first-order chi connectivity index (χ1) is 13.5. The summed E-state index contributed by atoms with van der Waals surface area (Å²) < 4.78 is 0. The van der Waals surface area contributed by atoms with Crippen LogP contribution in [0.2, 0.25) is 0 Å². The third-order valence-electron chi connectivity index (χ3n) is 4.21. The summed E-state index contributed by atoms with van der Waals surface area (Å²) in [6.07, 6.45) is 4.39. The van der Waals surface area contributed by atoms with Gasteiger partial charge in [0.05, 0.1) is 11.6 Å². The molecule has 2 aromatic heterocycles. The Balaban J connectivity index is 1.70. The number of nitriles is 1. The van der Waals surface area contributed by atoms with Crippen LogP contribution in [-0.2, 0) is 6.42 Å². The van der Waals surface area contributed by atoms with Crippen LogP contribution in [-0.4, -0.2) is 34.5 Å². The number of carbonyl (C=O) groups excluding carboxylic acids is 1. The number of aromatic nitrogens is 3. The van der Waals surface area contributed by atoms with E-state index in [1.54, 1.807) is 49.6 Å². The minimum absolute atomic E-state index is 0.294. The topological polar surface area (TPSA) is 94.8 Å². The van der Waals surface area contributed by atoms with Gasteiger partial charge in [-0.1, -0.05) is 0 Å². The molecule has 0 atom stereocenters. The van der Waals surface area contributed by atoms with Crippen LogP contribution < -0.4 is 10.2 Å². The number of benzene rings is 1. The molecule has 0 aliphatic heterocycles. The molecule has 2 heterocycles. The highest BCUT2D eigenvalue weighted by molar-refractivity contribution is 6.03. The number of hydrogen-bond donors (Lipinski definition) is 1. The highest BCUT2D eigenvalue weighted by Crippen LogP contribution is 2.15. The Kier molecular flexibility index (Phi) is 5.92. The molecule has 0 bridgehead atoms. The lowest BCUT2D eigenvalue weighted by molar-refractivity contribution is 0.102. The summed E-state index contributed by atoms with van der Waals surface area (Å²) in [5.74, 6) is 0.892. The lowest BCUT2D eigenvalue weighted by Gasteiger charge is -2.19. The van der Waals surface area contributed by atoms with E-state index in [2.05, 4.69) is 20.3 Å². The number of pyridine rings is 1. The number of amides is 1. The second-order valence-electron chi connectivity index (χ2n) is 6.33. The Bertz CT molecular complexity index is 996. The maximum Gasteiger partial charge on any atom is 0.274 e. The van der Waals surface area contributed by atoms with Crippen molar-refractivity contribution in [3.8, 4) is 6.07 Å². The number of carbonyl (C=O) groups is 1. The number of rotatable bonds is 6. The molecule has 0 saturated heterocycles.